The van der Waals surface area contributed by atoms with Gasteiger partial charge < -0.3 is 9.84 Å². The number of benzene rings is 2. The number of hydrogen-bond acceptors (Lipinski definition) is 6. The van der Waals surface area contributed by atoms with E-state index in [1.54, 1.807) is 45.2 Å². The molecule has 2 heterocycles. The fourth-order valence-electron chi connectivity index (χ4n) is 6.35. The molecular formula is C34H39ClN2O6. The van der Waals surface area contributed by atoms with Crippen molar-refractivity contribution in [2.24, 2.45) is 11.3 Å². The van der Waals surface area contributed by atoms with E-state index in [1.807, 2.05) is 50.3 Å². The molecule has 43 heavy (non-hydrogen) atoms. The molecule has 2 aliphatic rings. The van der Waals surface area contributed by atoms with Crippen molar-refractivity contribution in [2.75, 3.05) is 0 Å². The van der Waals surface area contributed by atoms with Gasteiger partial charge in [-0.3, -0.25) is 19.0 Å². The lowest BCUT2D eigenvalue weighted by atomic mass is 9.66. The smallest absolute Gasteiger partial charge is 0.419 e. The van der Waals surface area contributed by atoms with Crippen LogP contribution in [-0.4, -0.2) is 43.8 Å². The second-order valence-corrected chi connectivity index (χ2v) is 13.4. The maximum atomic E-state index is 14.5. The molecule has 0 radical (unpaired) electrons. The highest BCUT2D eigenvalue weighted by Crippen LogP contribution is 2.54. The topological polar surface area (TPSA) is 98.1 Å². The highest BCUT2D eigenvalue weighted by atomic mass is 35.5. The number of nitrogens with zero attached hydrogens (tertiary/aromatic N) is 2. The van der Waals surface area contributed by atoms with E-state index in [-0.39, 0.29) is 13.0 Å². The minimum atomic E-state index is -2.30. The molecule has 8 nitrogen and oxygen atoms in total. The van der Waals surface area contributed by atoms with Crippen molar-refractivity contribution in [2.45, 2.75) is 84.7 Å². The number of halogens is 1. The number of hydroxylamine groups is 2. The summed E-state index contributed by atoms with van der Waals surface area (Å²) in [5, 5.41) is 14.3. The van der Waals surface area contributed by atoms with E-state index in [4.69, 9.17) is 21.2 Å². The van der Waals surface area contributed by atoms with E-state index in [2.05, 4.69) is 0 Å². The first-order valence-electron chi connectivity index (χ1n) is 14.7. The number of allylic oxidation sites excluding steroid dienone is 2. The summed E-state index contributed by atoms with van der Waals surface area (Å²) in [5.41, 5.74) is -1.28. The maximum Gasteiger partial charge on any atom is 0.419 e. The average molecular weight is 607 g/mol. The Bertz CT molecular complexity index is 1590. The zero-order valence-electron chi connectivity index (χ0n) is 25.4. The van der Waals surface area contributed by atoms with E-state index < -0.39 is 40.4 Å². The van der Waals surface area contributed by atoms with Crippen molar-refractivity contribution >= 4 is 40.3 Å². The maximum absolute atomic E-state index is 14.5. The molecule has 0 spiro atoms. The van der Waals surface area contributed by atoms with Crippen LogP contribution in [0.4, 0.5) is 4.79 Å². The number of Topliss-reactive ketones (excluding diaryl/α,β-unsaturated/α-hetero) is 1. The highest BCUT2D eigenvalue weighted by Gasteiger charge is 2.65. The number of amides is 1. The molecule has 1 saturated carbocycles. The van der Waals surface area contributed by atoms with Gasteiger partial charge in [0.1, 0.15) is 12.2 Å². The monoisotopic (exact) mass is 606 g/mol. The molecule has 3 aromatic rings. The molecule has 1 N–H and O–H groups in total. The van der Waals surface area contributed by atoms with Crippen LogP contribution in [0.5, 0.6) is 0 Å². The molecule has 1 aromatic heterocycles. The van der Waals surface area contributed by atoms with Crippen molar-refractivity contribution in [3.63, 3.8) is 0 Å². The largest absolute Gasteiger partial charge is 0.443 e. The standard InChI is InChI=1S/C34H39ClN2O6/c1-22(2)15-17-33-16-9-12-27(33)29(38)34(41,37(30(33)39)42-21-23-10-7-6-8-11-23)19-24-20-36(31(40)43-32(3,4)5)28-18-25(35)13-14-26(24)28/h6-8,10-11,13-15,18,20,27,41H,9,12,16-17,19,21H2,1-5H3/t27-,33-,34+/m0/s1. The van der Waals surface area contributed by atoms with Crippen molar-refractivity contribution in [1.29, 1.82) is 0 Å². The molecule has 2 fully saturated rings. The SMILES string of the molecule is CC(C)=CC[C@@]12CCC[C@H]1C(=O)[C@](O)(Cc1cn(C(=O)OC(C)(C)C)c3cc(Cl)ccc13)N(OCc1ccccc1)C2=O. The van der Waals surface area contributed by atoms with E-state index in [1.165, 1.54) is 4.57 Å². The van der Waals surface area contributed by atoms with Gasteiger partial charge in [0.15, 0.2) is 5.78 Å². The molecule has 1 aliphatic carbocycles. The first-order valence-corrected chi connectivity index (χ1v) is 15.1. The summed E-state index contributed by atoms with van der Waals surface area (Å²) >= 11 is 6.30. The Morgan fingerprint density at radius 2 is 1.86 bits per heavy atom. The Morgan fingerprint density at radius 3 is 2.53 bits per heavy atom. The zero-order valence-corrected chi connectivity index (χ0v) is 26.1. The number of fused-ring (bicyclic) bond motifs is 2. The minimum absolute atomic E-state index is 0.0131. The molecule has 1 amide bonds. The molecule has 3 atom stereocenters. The predicted molar refractivity (Wildman–Crippen MR) is 164 cm³/mol. The number of hydrogen-bond donors (Lipinski definition) is 1. The third-order valence-corrected chi connectivity index (χ3v) is 8.63. The summed E-state index contributed by atoms with van der Waals surface area (Å²) in [5.74, 6) is -1.51. The Hall–Kier alpha value is -3.46. The van der Waals surface area contributed by atoms with Crippen LogP contribution in [0, 0.1) is 11.3 Å². The second-order valence-electron chi connectivity index (χ2n) is 13.0. The number of ketones is 1. The van der Waals surface area contributed by atoms with Gasteiger partial charge in [-0.15, -0.1) is 0 Å². The van der Waals surface area contributed by atoms with Crippen molar-refractivity contribution in [1.82, 2.24) is 9.63 Å². The van der Waals surface area contributed by atoms with Gasteiger partial charge in [0.2, 0.25) is 5.72 Å². The first kappa shape index (κ1) is 31.0. The summed E-state index contributed by atoms with van der Waals surface area (Å²) in [6.07, 6.45) is 4.74. The fraction of sp³-hybridized carbons (Fsp3) is 0.441. The van der Waals surface area contributed by atoms with Crippen molar-refractivity contribution in [3.05, 3.63) is 82.5 Å². The third kappa shape index (κ3) is 5.88. The number of aromatic nitrogens is 1. The summed E-state index contributed by atoms with van der Waals surface area (Å²) in [6.45, 7) is 9.21. The first-order chi connectivity index (χ1) is 20.2. The van der Waals surface area contributed by atoms with Crippen LogP contribution in [0.1, 0.15) is 71.4 Å². The predicted octanol–water partition coefficient (Wildman–Crippen LogP) is 6.99. The van der Waals surface area contributed by atoms with Crippen LogP contribution in [0.15, 0.2) is 66.4 Å². The number of ether oxygens (including phenoxy) is 1. The number of carbonyl (C=O) groups is 3. The van der Waals surface area contributed by atoms with E-state index >= 15 is 0 Å². The number of aliphatic hydroxyl groups is 1. The fourth-order valence-corrected chi connectivity index (χ4v) is 6.52. The lowest BCUT2D eigenvalue weighted by molar-refractivity contribution is -0.291. The number of piperidine rings is 1. The minimum Gasteiger partial charge on any atom is -0.443 e. The lowest BCUT2D eigenvalue weighted by Gasteiger charge is -2.49. The van der Waals surface area contributed by atoms with E-state index in [0.717, 1.165) is 16.2 Å². The Morgan fingerprint density at radius 1 is 1.14 bits per heavy atom. The molecule has 1 aliphatic heterocycles. The quantitative estimate of drug-likeness (QED) is 0.291. The van der Waals surface area contributed by atoms with Crippen molar-refractivity contribution in [3.8, 4) is 0 Å². The van der Waals surface area contributed by atoms with Crippen LogP contribution in [0.3, 0.4) is 0 Å². The molecule has 1 saturated heterocycles. The lowest BCUT2D eigenvalue weighted by Crippen LogP contribution is -2.69. The van der Waals surface area contributed by atoms with Gasteiger partial charge in [0.25, 0.3) is 5.91 Å². The summed E-state index contributed by atoms with van der Waals surface area (Å²) in [6, 6.07) is 14.3. The molecule has 228 valence electrons. The van der Waals surface area contributed by atoms with Gasteiger partial charge in [-0.05, 0) is 77.1 Å². The van der Waals surface area contributed by atoms with Gasteiger partial charge >= 0.3 is 6.09 Å². The molecule has 9 heteroatoms. The second kappa shape index (κ2) is 11.6. The van der Waals surface area contributed by atoms with Crippen LogP contribution in [-0.2, 0) is 32.2 Å². The van der Waals surface area contributed by atoms with Gasteiger partial charge in [0, 0.05) is 28.9 Å². The van der Waals surface area contributed by atoms with Gasteiger partial charge in [-0.1, -0.05) is 66.1 Å². The number of rotatable bonds is 7. The molecule has 0 bridgehead atoms. The average Bonchev–Trinajstić information content (AvgIpc) is 3.53. The molecule has 2 aromatic carbocycles. The normalized spacial score (nSPS) is 23.9. The van der Waals surface area contributed by atoms with Gasteiger partial charge in [0.05, 0.1) is 10.9 Å². The Kier molecular flexibility index (Phi) is 8.33. The third-order valence-electron chi connectivity index (χ3n) is 8.40. The highest BCUT2D eigenvalue weighted by molar-refractivity contribution is 6.31. The summed E-state index contributed by atoms with van der Waals surface area (Å²) in [4.78, 5) is 48.2. The zero-order chi connectivity index (χ0) is 31.2. The number of carbonyl (C=O) groups excluding carboxylic acids is 3. The van der Waals surface area contributed by atoms with Crippen LogP contribution in [0.2, 0.25) is 5.02 Å². The van der Waals surface area contributed by atoms with Gasteiger partial charge in [-0.25, -0.2) is 4.79 Å². The van der Waals surface area contributed by atoms with Gasteiger partial charge in [-0.2, -0.15) is 5.06 Å². The van der Waals surface area contributed by atoms with Crippen LogP contribution in [0.25, 0.3) is 10.9 Å². The summed E-state index contributed by atoms with van der Waals surface area (Å²) < 4.78 is 6.94. The van der Waals surface area contributed by atoms with E-state index in [0.29, 0.717) is 47.2 Å². The summed E-state index contributed by atoms with van der Waals surface area (Å²) in [7, 11) is 0. The molecule has 0 unspecified atom stereocenters. The Labute approximate surface area is 257 Å². The van der Waals surface area contributed by atoms with Crippen LogP contribution < -0.4 is 0 Å². The van der Waals surface area contributed by atoms with E-state index in [9.17, 15) is 19.5 Å². The van der Waals surface area contributed by atoms with Crippen molar-refractivity contribution < 1.29 is 29.1 Å². The Balaban J connectivity index is 1.60. The molecular weight excluding hydrogens is 568 g/mol. The molecule has 5 rings (SSSR count). The van der Waals surface area contributed by atoms with Crippen LogP contribution >= 0.6 is 11.6 Å².